The van der Waals surface area contributed by atoms with Crippen LogP contribution < -0.4 is 0 Å². The molecule has 4 nitrogen and oxygen atoms in total. The highest BCUT2D eigenvalue weighted by Gasteiger charge is 2.30. The molecule has 0 atom stereocenters. The normalized spacial score (nSPS) is 11.5. The van der Waals surface area contributed by atoms with Crippen LogP contribution in [0.15, 0.2) is 60.9 Å². The van der Waals surface area contributed by atoms with Crippen molar-refractivity contribution in [2.75, 3.05) is 6.61 Å². The van der Waals surface area contributed by atoms with Gasteiger partial charge in [0.1, 0.15) is 5.92 Å². The average Bonchev–Trinajstić information content (AvgIpc) is 3.15. The molecule has 26 heavy (non-hydrogen) atoms. The first kappa shape index (κ1) is 16.5. The molecule has 0 N–H and O–H groups in total. The fraction of sp³-hybridized carbons (Fsp3) is 0.227. The maximum absolute atomic E-state index is 13.0. The third kappa shape index (κ3) is 2.49. The molecule has 0 aliphatic rings. The molecule has 0 saturated carbocycles. The predicted molar refractivity (Wildman–Crippen MR) is 104 cm³/mol. The van der Waals surface area contributed by atoms with Gasteiger partial charge in [0.2, 0.25) is 0 Å². The molecule has 2 aromatic carbocycles. The average molecular weight is 346 g/mol. The van der Waals surface area contributed by atoms with E-state index in [1.807, 2.05) is 57.7 Å². The van der Waals surface area contributed by atoms with Crippen molar-refractivity contribution in [3.8, 4) is 0 Å². The Morgan fingerprint density at radius 3 is 1.81 bits per heavy atom. The van der Waals surface area contributed by atoms with Gasteiger partial charge in [-0.25, -0.2) is 0 Å². The number of aryl methyl sites for hydroxylation is 2. The lowest BCUT2D eigenvalue weighted by atomic mass is 9.90. The van der Waals surface area contributed by atoms with Crippen LogP contribution in [0.5, 0.6) is 0 Å². The molecule has 2 heterocycles. The second-order valence-corrected chi connectivity index (χ2v) is 6.61. The van der Waals surface area contributed by atoms with Crippen LogP contribution in [0.1, 0.15) is 24.0 Å². The molecule has 132 valence electrons. The molecule has 0 saturated heterocycles. The minimum absolute atomic E-state index is 0.208. The standard InChI is InChI=1S/C22H22N2O2/c1-4-26-22(25)21(17-13-23(2)19-11-7-5-9-15(17)19)18-14-24(3)20-12-8-6-10-16(18)20/h5-14,21H,4H2,1-3H3. The number of aromatic nitrogens is 2. The zero-order valence-electron chi connectivity index (χ0n) is 15.3. The lowest BCUT2D eigenvalue weighted by Crippen LogP contribution is -2.17. The second-order valence-electron chi connectivity index (χ2n) is 6.61. The Morgan fingerprint density at radius 2 is 1.35 bits per heavy atom. The van der Waals surface area contributed by atoms with Gasteiger partial charge in [-0.15, -0.1) is 0 Å². The highest BCUT2D eigenvalue weighted by Crippen LogP contribution is 2.37. The largest absolute Gasteiger partial charge is 0.465 e. The number of ether oxygens (including phenoxy) is 1. The Morgan fingerprint density at radius 1 is 0.885 bits per heavy atom. The summed E-state index contributed by atoms with van der Waals surface area (Å²) in [4.78, 5) is 13.0. The Hall–Kier alpha value is -3.01. The highest BCUT2D eigenvalue weighted by molar-refractivity contribution is 5.97. The molecule has 0 fully saturated rings. The van der Waals surface area contributed by atoms with Crippen LogP contribution in [-0.4, -0.2) is 21.7 Å². The van der Waals surface area contributed by atoms with Crippen LogP contribution in [0.3, 0.4) is 0 Å². The molecule has 4 rings (SSSR count). The van der Waals surface area contributed by atoms with Gasteiger partial charge in [0, 0.05) is 48.3 Å². The van der Waals surface area contributed by atoms with Crippen LogP contribution >= 0.6 is 0 Å². The summed E-state index contributed by atoms with van der Waals surface area (Å²) in [5, 5.41) is 2.17. The van der Waals surface area contributed by atoms with Gasteiger partial charge in [0.15, 0.2) is 0 Å². The Balaban J connectivity index is 2.00. The molecule has 0 bridgehead atoms. The zero-order valence-corrected chi connectivity index (χ0v) is 15.3. The number of hydrogen-bond donors (Lipinski definition) is 0. The van der Waals surface area contributed by atoms with Crippen molar-refractivity contribution in [1.29, 1.82) is 0 Å². The summed E-state index contributed by atoms with van der Waals surface area (Å²) < 4.78 is 9.61. The first-order valence-electron chi connectivity index (χ1n) is 8.86. The minimum Gasteiger partial charge on any atom is -0.465 e. The van der Waals surface area contributed by atoms with E-state index in [0.29, 0.717) is 6.61 Å². The Kier molecular flexibility index (Phi) is 4.03. The third-order valence-corrected chi connectivity index (χ3v) is 5.00. The van der Waals surface area contributed by atoms with Crippen LogP contribution in [0.25, 0.3) is 21.8 Å². The number of nitrogens with zero attached hydrogens (tertiary/aromatic N) is 2. The summed E-state index contributed by atoms with van der Waals surface area (Å²) >= 11 is 0. The molecular weight excluding hydrogens is 324 g/mol. The van der Waals surface area contributed by atoms with Gasteiger partial charge in [-0.2, -0.15) is 0 Å². The number of hydrogen-bond acceptors (Lipinski definition) is 2. The van der Waals surface area contributed by atoms with Crippen molar-refractivity contribution in [3.63, 3.8) is 0 Å². The van der Waals surface area contributed by atoms with Crippen molar-refractivity contribution in [2.24, 2.45) is 14.1 Å². The van der Waals surface area contributed by atoms with Crippen molar-refractivity contribution < 1.29 is 9.53 Å². The summed E-state index contributed by atoms with van der Waals surface area (Å²) in [6, 6.07) is 16.3. The van der Waals surface area contributed by atoms with E-state index in [4.69, 9.17) is 4.74 Å². The number of carbonyl (C=O) groups is 1. The van der Waals surface area contributed by atoms with E-state index in [1.165, 1.54) is 0 Å². The number of esters is 1. The molecule has 4 heteroatoms. The van der Waals surface area contributed by atoms with Gasteiger partial charge < -0.3 is 13.9 Å². The number of rotatable bonds is 4. The SMILES string of the molecule is CCOC(=O)C(c1cn(C)c2ccccc12)c1cn(C)c2ccccc12. The van der Waals surface area contributed by atoms with E-state index in [0.717, 1.165) is 32.9 Å². The van der Waals surface area contributed by atoms with Gasteiger partial charge in [-0.05, 0) is 30.2 Å². The van der Waals surface area contributed by atoms with E-state index >= 15 is 0 Å². The van der Waals surface area contributed by atoms with Crippen LogP contribution in [0.2, 0.25) is 0 Å². The van der Waals surface area contributed by atoms with E-state index < -0.39 is 5.92 Å². The number of fused-ring (bicyclic) bond motifs is 2. The first-order chi connectivity index (χ1) is 12.6. The molecule has 0 amide bonds. The van der Waals surface area contributed by atoms with Crippen molar-refractivity contribution >= 4 is 27.8 Å². The molecule has 2 aromatic heterocycles. The van der Waals surface area contributed by atoms with Crippen molar-refractivity contribution in [2.45, 2.75) is 12.8 Å². The monoisotopic (exact) mass is 346 g/mol. The van der Waals surface area contributed by atoms with Crippen molar-refractivity contribution in [1.82, 2.24) is 9.13 Å². The van der Waals surface area contributed by atoms with Crippen LogP contribution in [-0.2, 0) is 23.6 Å². The topological polar surface area (TPSA) is 36.2 Å². The summed E-state index contributed by atoms with van der Waals surface area (Å²) in [6.07, 6.45) is 4.10. The van der Waals surface area contributed by atoms with E-state index in [1.54, 1.807) is 0 Å². The summed E-state index contributed by atoms with van der Waals surface area (Å²) in [7, 11) is 4.02. The Labute approximate surface area is 152 Å². The first-order valence-corrected chi connectivity index (χ1v) is 8.86. The third-order valence-electron chi connectivity index (χ3n) is 5.00. The molecule has 0 aliphatic carbocycles. The number of carbonyl (C=O) groups excluding carboxylic acids is 1. The predicted octanol–water partition coefficient (Wildman–Crippen LogP) is 4.37. The maximum atomic E-state index is 13.0. The summed E-state index contributed by atoms with van der Waals surface area (Å²) in [6.45, 7) is 2.21. The summed E-state index contributed by atoms with van der Waals surface area (Å²) in [5.41, 5.74) is 4.19. The number of benzene rings is 2. The molecule has 0 aliphatic heterocycles. The maximum Gasteiger partial charge on any atom is 0.318 e. The minimum atomic E-state index is -0.452. The zero-order chi connectivity index (χ0) is 18.3. The number of para-hydroxylation sites is 2. The molecular formula is C22H22N2O2. The van der Waals surface area contributed by atoms with E-state index in [9.17, 15) is 4.79 Å². The molecule has 0 spiro atoms. The molecule has 0 unspecified atom stereocenters. The fourth-order valence-electron chi connectivity index (χ4n) is 3.85. The smallest absolute Gasteiger partial charge is 0.318 e. The lowest BCUT2D eigenvalue weighted by Gasteiger charge is -2.15. The molecule has 0 radical (unpaired) electrons. The second kappa shape index (κ2) is 6.37. The molecule has 4 aromatic rings. The van der Waals surface area contributed by atoms with Crippen molar-refractivity contribution in [3.05, 3.63) is 72.1 Å². The highest BCUT2D eigenvalue weighted by atomic mass is 16.5. The van der Waals surface area contributed by atoms with Gasteiger partial charge >= 0.3 is 5.97 Å². The fourth-order valence-corrected chi connectivity index (χ4v) is 3.85. The van der Waals surface area contributed by atoms with Gasteiger partial charge in [0.05, 0.1) is 6.61 Å². The van der Waals surface area contributed by atoms with Gasteiger partial charge in [-0.3, -0.25) is 4.79 Å². The Bertz CT molecular complexity index is 1020. The lowest BCUT2D eigenvalue weighted by molar-refractivity contribution is -0.143. The van der Waals surface area contributed by atoms with Crippen LogP contribution in [0, 0.1) is 0 Å². The quantitative estimate of drug-likeness (QED) is 0.515. The van der Waals surface area contributed by atoms with E-state index in [-0.39, 0.29) is 5.97 Å². The summed E-state index contributed by atoms with van der Waals surface area (Å²) in [5.74, 6) is -0.660. The van der Waals surface area contributed by atoms with E-state index in [2.05, 4.69) is 33.4 Å². The van der Waals surface area contributed by atoms with Crippen LogP contribution in [0.4, 0.5) is 0 Å². The van der Waals surface area contributed by atoms with Gasteiger partial charge in [0.25, 0.3) is 0 Å². The van der Waals surface area contributed by atoms with Gasteiger partial charge in [-0.1, -0.05) is 36.4 Å².